The highest BCUT2D eigenvalue weighted by molar-refractivity contribution is 7.80. The molecule has 0 atom stereocenters. The van der Waals surface area contributed by atoms with Crippen molar-refractivity contribution in [3.8, 4) is 5.75 Å². The van der Waals surface area contributed by atoms with Crippen LogP contribution in [0.25, 0.3) is 0 Å². The standard InChI is InChI=1S/C16H25N3OS/c1-18-8-6-13(7-9-18)19(2)11-12-4-5-15(20-3)14(10-12)16(17)21/h4-5,10,13H,6-9,11H2,1-3H3,(H2,17,21). The summed E-state index contributed by atoms with van der Waals surface area (Å²) in [6, 6.07) is 6.74. The predicted molar refractivity (Wildman–Crippen MR) is 90.9 cm³/mol. The Hall–Kier alpha value is -1.17. The van der Waals surface area contributed by atoms with Gasteiger partial charge in [-0.15, -0.1) is 0 Å². The van der Waals surface area contributed by atoms with E-state index in [0.29, 0.717) is 11.0 Å². The zero-order valence-corrected chi connectivity index (χ0v) is 13.9. The fourth-order valence-corrected chi connectivity index (χ4v) is 3.06. The predicted octanol–water partition coefficient (Wildman–Crippen LogP) is 1.86. The summed E-state index contributed by atoms with van der Waals surface area (Å²) in [5.74, 6) is 0.744. The lowest BCUT2D eigenvalue weighted by Crippen LogP contribution is -2.41. The van der Waals surface area contributed by atoms with Crippen molar-refractivity contribution in [1.82, 2.24) is 9.80 Å². The van der Waals surface area contributed by atoms with Gasteiger partial charge in [0.15, 0.2) is 0 Å². The second kappa shape index (κ2) is 7.20. The molecule has 0 spiro atoms. The van der Waals surface area contributed by atoms with Crippen LogP contribution in [0, 0.1) is 0 Å². The Kier molecular flexibility index (Phi) is 5.56. The van der Waals surface area contributed by atoms with Gasteiger partial charge < -0.3 is 15.4 Å². The van der Waals surface area contributed by atoms with E-state index < -0.39 is 0 Å². The van der Waals surface area contributed by atoms with Gasteiger partial charge in [0.25, 0.3) is 0 Å². The fraction of sp³-hybridized carbons (Fsp3) is 0.562. The maximum Gasteiger partial charge on any atom is 0.129 e. The Labute approximate surface area is 132 Å². The van der Waals surface area contributed by atoms with Gasteiger partial charge in [-0.1, -0.05) is 18.3 Å². The number of nitrogens with two attached hydrogens (primary N) is 1. The summed E-state index contributed by atoms with van der Waals surface area (Å²) in [5, 5.41) is 0. The molecule has 1 fully saturated rings. The first-order valence-electron chi connectivity index (χ1n) is 7.36. The van der Waals surface area contributed by atoms with E-state index in [2.05, 4.69) is 30.0 Å². The van der Waals surface area contributed by atoms with E-state index in [0.717, 1.165) is 17.9 Å². The normalized spacial score (nSPS) is 17.1. The van der Waals surface area contributed by atoms with Crippen molar-refractivity contribution in [3.63, 3.8) is 0 Å². The Morgan fingerprint density at radius 2 is 2.10 bits per heavy atom. The Balaban J connectivity index is 2.05. The van der Waals surface area contributed by atoms with Gasteiger partial charge in [0.2, 0.25) is 0 Å². The molecule has 2 rings (SSSR count). The minimum atomic E-state index is 0.385. The first-order valence-corrected chi connectivity index (χ1v) is 7.77. The molecule has 21 heavy (non-hydrogen) atoms. The van der Waals surface area contributed by atoms with Gasteiger partial charge in [0.1, 0.15) is 10.7 Å². The summed E-state index contributed by atoms with van der Waals surface area (Å²) < 4.78 is 5.31. The molecule has 1 heterocycles. The van der Waals surface area contributed by atoms with E-state index in [4.69, 9.17) is 22.7 Å². The molecule has 0 unspecified atom stereocenters. The zero-order chi connectivity index (χ0) is 15.4. The van der Waals surface area contributed by atoms with Crippen LogP contribution in [0.2, 0.25) is 0 Å². The van der Waals surface area contributed by atoms with E-state index in [1.165, 1.54) is 31.5 Å². The number of hydrogen-bond donors (Lipinski definition) is 1. The molecule has 4 nitrogen and oxygen atoms in total. The SMILES string of the molecule is COc1ccc(CN(C)C2CCN(C)CC2)cc1C(N)=S. The third-order valence-electron chi connectivity index (χ3n) is 4.27. The average Bonchev–Trinajstić information content (AvgIpc) is 2.47. The van der Waals surface area contributed by atoms with E-state index in [1.807, 2.05) is 12.1 Å². The molecular weight excluding hydrogens is 282 g/mol. The average molecular weight is 307 g/mol. The van der Waals surface area contributed by atoms with Crippen molar-refractivity contribution in [2.45, 2.75) is 25.4 Å². The second-order valence-corrected chi connectivity index (χ2v) is 6.29. The lowest BCUT2D eigenvalue weighted by molar-refractivity contribution is 0.139. The quantitative estimate of drug-likeness (QED) is 0.841. The van der Waals surface area contributed by atoms with Crippen molar-refractivity contribution in [1.29, 1.82) is 0 Å². The van der Waals surface area contributed by atoms with E-state index >= 15 is 0 Å². The minimum absolute atomic E-state index is 0.385. The van der Waals surface area contributed by atoms with Gasteiger partial charge in [-0.3, -0.25) is 4.90 Å². The summed E-state index contributed by atoms with van der Waals surface area (Å²) in [6.45, 7) is 3.26. The van der Waals surface area contributed by atoms with Crippen molar-refractivity contribution in [3.05, 3.63) is 29.3 Å². The van der Waals surface area contributed by atoms with Crippen molar-refractivity contribution >= 4 is 17.2 Å². The smallest absolute Gasteiger partial charge is 0.129 e. The summed E-state index contributed by atoms with van der Waals surface area (Å²) in [4.78, 5) is 5.21. The van der Waals surface area contributed by atoms with Crippen LogP contribution in [-0.4, -0.2) is 55.1 Å². The molecule has 0 radical (unpaired) electrons. The van der Waals surface area contributed by atoms with E-state index in [-0.39, 0.29) is 0 Å². The molecule has 0 bridgehead atoms. The zero-order valence-electron chi connectivity index (χ0n) is 13.1. The molecule has 0 aliphatic carbocycles. The first kappa shape index (κ1) is 16.2. The Morgan fingerprint density at radius 3 is 2.67 bits per heavy atom. The summed E-state index contributed by atoms with van der Waals surface area (Å²) in [5.41, 5.74) is 7.82. The summed E-state index contributed by atoms with van der Waals surface area (Å²) in [7, 11) is 6.02. The van der Waals surface area contributed by atoms with Gasteiger partial charge in [0.05, 0.1) is 12.7 Å². The Bertz CT molecular complexity index is 498. The Morgan fingerprint density at radius 1 is 1.43 bits per heavy atom. The number of hydrogen-bond acceptors (Lipinski definition) is 4. The molecule has 1 aromatic carbocycles. The third-order valence-corrected chi connectivity index (χ3v) is 4.49. The molecule has 2 N–H and O–H groups in total. The van der Waals surface area contributed by atoms with Crippen LogP contribution < -0.4 is 10.5 Å². The molecule has 1 aliphatic heterocycles. The van der Waals surface area contributed by atoms with Crippen molar-refractivity contribution in [2.24, 2.45) is 5.73 Å². The van der Waals surface area contributed by atoms with E-state index in [9.17, 15) is 0 Å². The molecule has 0 amide bonds. The van der Waals surface area contributed by atoms with Crippen LogP contribution >= 0.6 is 12.2 Å². The van der Waals surface area contributed by atoms with Crippen LogP contribution in [0.3, 0.4) is 0 Å². The van der Waals surface area contributed by atoms with Gasteiger partial charge >= 0.3 is 0 Å². The van der Waals surface area contributed by atoms with E-state index in [1.54, 1.807) is 7.11 Å². The molecule has 1 aliphatic rings. The number of methoxy groups -OCH3 is 1. The molecular formula is C16H25N3OS. The molecule has 0 aromatic heterocycles. The molecule has 0 saturated carbocycles. The second-order valence-electron chi connectivity index (χ2n) is 5.85. The topological polar surface area (TPSA) is 41.7 Å². The highest BCUT2D eigenvalue weighted by Gasteiger charge is 2.20. The van der Waals surface area contributed by atoms with Crippen molar-refractivity contribution in [2.75, 3.05) is 34.3 Å². The van der Waals surface area contributed by atoms with Gasteiger partial charge in [-0.05, 0) is 57.7 Å². The molecule has 1 aromatic rings. The van der Waals surface area contributed by atoms with Crippen LogP contribution in [-0.2, 0) is 6.54 Å². The number of likely N-dealkylation sites (tertiary alicyclic amines) is 1. The monoisotopic (exact) mass is 307 g/mol. The number of rotatable bonds is 5. The summed E-state index contributed by atoms with van der Waals surface area (Å²) in [6.07, 6.45) is 2.45. The number of benzene rings is 1. The maximum atomic E-state index is 5.78. The number of nitrogens with zero attached hydrogens (tertiary/aromatic N) is 2. The molecule has 116 valence electrons. The van der Waals surface area contributed by atoms with Crippen LogP contribution in [0.15, 0.2) is 18.2 Å². The number of ether oxygens (including phenoxy) is 1. The van der Waals surface area contributed by atoms with Gasteiger partial charge in [-0.25, -0.2) is 0 Å². The van der Waals surface area contributed by atoms with Crippen LogP contribution in [0.4, 0.5) is 0 Å². The molecule has 5 heteroatoms. The fourth-order valence-electron chi connectivity index (χ4n) is 2.90. The highest BCUT2D eigenvalue weighted by Crippen LogP contribution is 2.22. The van der Waals surface area contributed by atoms with Gasteiger partial charge in [-0.2, -0.15) is 0 Å². The molecule has 1 saturated heterocycles. The largest absolute Gasteiger partial charge is 0.496 e. The lowest BCUT2D eigenvalue weighted by Gasteiger charge is -2.35. The third kappa shape index (κ3) is 4.15. The lowest BCUT2D eigenvalue weighted by atomic mass is 10.0. The van der Waals surface area contributed by atoms with Crippen LogP contribution in [0.5, 0.6) is 5.75 Å². The van der Waals surface area contributed by atoms with Crippen LogP contribution in [0.1, 0.15) is 24.0 Å². The summed E-state index contributed by atoms with van der Waals surface area (Å²) >= 11 is 5.11. The number of thiocarbonyl (C=S) groups is 1. The maximum absolute atomic E-state index is 5.78. The van der Waals surface area contributed by atoms with Gasteiger partial charge in [0, 0.05) is 12.6 Å². The minimum Gasteiger partial charge on any atom is -0.496 e. The highest BCUT2D eigenvalue weighted by atomic mass is 32.1. The first-order chi connectivity index (χ1) is 10.0. The van der Waals surface area contributed by atoms with Crippen molar-refractivity contribution < 1.29 is 4.74 Å². The number of piperidine rings is 1.